The zero-order chi connectivity index (χ0) is 7.03. The van der Waals surface area contributed by atoms with E-state index < -0.39 is 0 Å². The molecule has 0 radical (unpaired) electrons. The van der Waals surface area contributed by atoms with E-state index in [0.717, 1.165) is 19.4 Å². The van der Waals surface area contributed by atoms with Crippen molar-refractivity contribution in [2.45, 2.75) is 43.7 Å². The van der Waals surface area contributed by atoms with Crippen LogP contribution in [0.5, 0.6) is 0 Å². The molecule has 2 aliphatic rings. The van der Waals surface area contributed by atoms with E-state index in [1.54, 1.807) is 0 Å². The van der Waals surface area contributed by atoms with E-state index in [2.05, 4.69) is 0 Å². The van der Waals surface area contributed by atoms with E-state index in [9.17, 15) is 0 Å². The Morgan fingerprint density at radius 1 is 1.36 bits per heavy atom. The van der Waals surface area contributed by atoms with Gasteiger partial charge in [0.15, 0.2) is 0 Å². The Morgan fingerprint density at radius 2 is 2.09 bits per heavy atom. The minimum Gasteiger partial charge on any atom is -0.375 e. The Bertz CT molecular complexity index is 136. The quantitative estimate of drug-likeness (QED) is 0.608. The average molecular weight is 178 g/mol. The highest BCUT2D eigenvalue weighted by Gasteiger charge is 2.41. The predicted molar refractivity (Wildman–Crippen MR) is 47.0 cm³/mol. The fraction of sp³-hybridized carbons (Fsp3) is 1.00. The van der Waals surface area contributed by atoms with Crippen LogP contribution in [0.25, 0.3) is 0 Å². The van der Waals surface area contributed by atoms with Gasteiger partial charge in [-0.05, 0) is 32.1 Å². The van der Waals surface area contributed by atoms with Gasteiger partial charge < -0.3 is 10.5 Å². The molecule has 1 saturated heterocycles. The van der Waals surface area contributed by atoms with Crippen LogP contribution in [0.2, 0.25) is 0 Å². The molecule has 0 aromatic carbocycles. The third kappa shape index (κ3) is 1.68. The Hall–Kier alpha value is 0.210. The maximum absolute atomic E-state index is 5.84. The van der Waals surface area contributed by atoms with E-state index in [-0.39, 0.29) is 18.0 Å². The minimum atomic E-state index is 0. The smallest absolute Gasteiger partial charge is 0.0697 e. The Balaban J connectivity index is 0.000000605. The van der Waals surface area contributed by atoms with Crippen molar-refractivity contribution >= 4 is 12.4 Å². The second kappa shape index (κ2) is 3.30. The third-order valence-electron chi connectivity index (χ3n) is 2.80. The molecule has 1 atom stereocenters. The lowest BCUT2D eigenvalue weighted by Gasteiger charge is -2.46. The van der Waals surface area contributed by atoms with Crippen LogP contribution in [0.1, 0.15) is 32.1 Å². The average Bonchev–Trinajstić information content (AvgIpc) is 1.85. The van der Waals surface area contributed by atoms with Gasteiger partial charge >= 0.3 is 0 Å². The largest absolute Gasteiger partial charge is 0.375 e. The number of nitrogens with two attached hydrogens (primary N) is 1. The molecule has 2 rings (SSSR count). The van der Waals surface area contributed by atoms with Crippen LogP contribution in [-0.2, 0) is 4.74 Å². The van der Waals surface area contributed by atoms with E-state index in [0.29, 0.717) is 6.04 Å². The molecule has 1 unspecified atom stereocenters. The van der Waals surface area contributed by atoms with Gasteiger partial charge in [0.1, 0.15) is 0 Å². The minimum absolute atomic E-state index is 0. The molecule has 1 aliphatic carbocycles. The number of hydrogen-bond acceptors (Lipinski definition) is 2. The van der Waals surface area contributed by atoms with Crippen LogP contribution in [0, 0.1) is 0 Å². The van der Waals surface area contributed by atoms with Gasteiger partial charge in [-0.15, -0.1) is 12.4 Å². The maximum Gasteiger partial charge on any atom is 0.0697 e. The molecule has 0 aromatic rings. The monoisotopic (exact) mass is 177 g/mol. The highest BCUT2D eigenvalue weighted by molar-refractivity contribution is 5.85. The molecule has 1 heterocycles. The lowest BCUT2D eigenvalue weighted by atomic mass is 9.74. The molecular weight excluding hydrogens is 162 g/mol. The van der Waals surface area contributed by atoms with Gasteiger partial charge in [0.25, 0.3) is 0 Å². The second-order valence-electron chi connectivity index (χ2n) is 3.64. The summed E-state index contributed by atoms with van der Waals surface area (Å²) in [5.41, 5.74) is 6.09. The first-order valence-corrected chi connectivity index (χ1v) is 4.20. The van der Waals surface area contributed by atoms with Crippen molar-refractivity contribution in [2.24, 2.45) is 5.73 Å². The molecule has 0 amide bonds. The van der Waals surface area contributed by atoms with Gasteiger partial charge in [0.05, 0.1) is 5.60 Å². The molecular formula is C8H16ClNO. The van der Waals surface area contributed by atoms with Crippen molar-refractivity contribution in [3.63, 3.8) is 0 Å². The van der Waals surface area contributed by atoms with Crippen molar-refractivity contribution in [3.8, 4) is 0 Å². The van der Waals surface area contributed by atoms with Gasteiger partial charge in [-0.25, -0.2) is 0 Å². The number of hydrogen-bond donors (Lipinski definition) is 1. The van der Waals surface area contributed by atoms with Crippen LogP contribution >= 0.6 is 12.4 Å². The standard InChI is InChI=1S/C8H15NO.ClH/c9-7-2-5-10-8(6-7)3-1-4-8;/h7H,1-6,9H2;1H. The second-order valence-corrected chi connectivity index (χ2v) is 3.64. The van der Waals surface area contributed by atoms with Crippen LogP contribution in [-0.4, -0.2) is 18.2 Å². The summed E-state index contributed by atoms with van der Waals surface area (Å²) >= 11 is 0. The lowest BCUT2D eigenvalue weighted by Crippen LogP contribution is -2.49. The van der Waals surface area contributed by atoms with Gasteiger partial charge in [0, 0.05) is 12.6 Å². The Morgan fingerprint density at radius 3 is 2.45 bits per heavy atom. The molecule has 1 spiro atoms. The Kier molecular flexibility index (Phi) is 2.79. The Labute approximate surface area is 73.9 Å². The summed E-state index contributed by atoms with van der Waals surface area (Å²) in [6.07, 6.45) is 6.00. The summed E-state index contributed by atoms with van der Waals surface area (Å²) in [6, 6.07) is 0.411. The normalized spacial score (nSPS) is 34.1. The zero-order valence-corrected chi connectivity index (χ0v) is 7.53. The molecule has 3 heteroatoms. The number of rotatable bonds is 0. The van der Waals surface area contributed by atoms with E-state index >= 15 is 0 Å². The van der Waals surface area contributed by atoms with Gasteiger partial charge in [0.2, 0.25) is 0 Å². The van der Waals surface area contributed by atoms with Crippen LogP contribution in [0.15, 0.2) is 0 Å². The van der Waals surface area contributed by atoms with Gasteiger partial charge in [-0.3, -0.25) is 0 Å². The lowest BCUT2D eigenvalue weighted by molar-refractivity contribution is -0.132. The van der Waals surface area contributed by atoms with Crippen LogP contribution in [0.3, 0.4) is 0 Å². The molecule has 2 nitrogen and oxygen atoms in total. The fourth-order valence-electron chi connectivity index (χ4n) is 1.99. The third-order valence-corrected chi connectivity index (χ3v) is 2.80. The predicted octanol–water partition coefficient (Wildman–Crippen LogP) is 1.47. The van der Waals surface area contributed by atoms with E-state index in [4.69, 9.17) is 10.5 Å². The van der Waals surface area contributed by atoms with Gasteiger partial charge in [-0.1, -0.05) is 0 Å². The van der Waals surface area contributed by atoms with Crippen molar-refractivity contribution in [1.82, 2.24) is 0 Å². The van der Waals surface area contributed by atoms with Crippen molar-refractivity contribution in [1.29, 1.82) is 0 Å². The van der Waals surface area contributed by atoms with Crippen molar-refractivity contribution in [2.75, 3.05) is 6.61 Å². The molecule has 1 saturated carbocycles. The van der Waals surface area contributed by atoms with Crippen molar-refractivity contribution < 1.29 is 4.74 Å². The maximum atomic E-state index is 5.84. The summed E-state index contributed by atoms with van der Waals surface area (Å²) in [7, 11) is 0. The summed E-state index contributed by atoms with van der Waals surface area (Å²) in [5.74, 6) is 0. The fourth-order valence-corrected chi connectivity index (χ4v) is 1.99. The molecule has 2 N–H and O–H groups in total. The SMILES string of the molecule is Cl.NC1CCOC2(CCC2)C1. The number of halogens is 1. The highest BCUT2D eigenvalue weighted by atomic mass is 35.5. The highest BCUT2D eigenvalue weighted by Crippen LogP contribution is 2.41. The van der Waals surface area contributed by atoms with E-state index in [1.807, 2.05) is 0 Å². The van der Waals surface area contributed by atoms with Gasteiger partial charge in [-0.2, -0.15) is 0 Å². The first-order valence-electron chi connectivity index (χ1n) is 4.20. The van der Waals surface area contributed by atoms with Crippen molar-refractivity contribution in [3.05, 3.63) is 0 Å². The molecule has 0 bridgehead atoms. The topological polar surface area (TPSA) is 35.2 Å². The number of ether oxygens (including phenoxy) is 1. The molecule has 0 aromatic heterocycles. The van der Waals surface area contributed by atoms with E-state index in [1.165, 1.54) is 19.3 Å². The summed E-state index contributed by atoms with van der Waals surface area (Å²) in [6.45, 7) is 0.890. The first-order chi connectivity index (χ1) is 4.81. The molecule has 66 valence electrons. The summed E-state index contributed by atoms with van der Waals surface area (Å²) in [4.78, 5) is 0. The summed E-state index contributed by atoms with van der Waals surface area (Å²) in [5, 5.41) is 0. The molecule has 11 heavy (non-hydrogen) atoms. The summed E-state index contributed by atoms with van der Waals surface area (Å²) < 4.78 is 5.69. The first kappa shape index (κ1) is 9.30. The van der Waals surface area contributed by atoms with Crippen LogP contribution in [0.4, 0.5) is 0 Å². The molecule has 2 fully saturated rings. The zero-order valence-electron chi connectivity index (χ0n) is 6.71. The molecule has 1 aliphatic heterocycles. The van der Waals surface area contributed by atoms with Crippen LogP contribution < -0.4 is 5.73 Å².